The van der Waals surface area contributed by atoms with Crippen molar-refractivity contribution >= 4 is 23.5 Å². The Morgan fingerprint density at radius 3 is 2.07 bits per heavy atom. The third kappa shape index (κ3) is 5.34. The van der Waals surface area contributed by atoms with Crippen LogP contribution in [-0.4, -0.2) is 38.2 Å². The molecule has 0 saturated heterocycles. The third-order valence-corrected chi connectivity index (χ3v) is 4.53. The number of hydrogen-bond donors (Lipinski definition) is 1. The fourth-order valence-electron chi connectivity index (χ4n) is 2.72. The lowest BCUT2D eigenvalue weighted by molar-refractivity contribution is -0.122. The van der Waals surface area contributed by atoms with Crippen molar-refractivity contribution < 1.29 is 28.6 Å². The van der Waals surface area contributed by atoms with Crippen molar-refractivity contribution in [1.82, 2.24) is 0 Å². The van der Waals surface area contributed by atoms with E-state index in [9.17, 15) is 14.4 Å². The molecule has 0 fully saturated rings. The summed E-state index contributed by atoms with van der Waals surface area (Å²) in [5.41, 5.74) is 2.52. The molecule has 0 spiro atoms. The maximum absolute atomic E-state index is 12.8. The Balaban J connectivity index is 2.28. The molecule has 7 heteroatoms. The van der Waals surface area contributed by atoms with Gasteiger partial charge in [-0.2, -0.15) is 0 Å². The Hall–Kier alpha value is -3.35. The number of amides is 1. The molecule has 0 aromatic heterocycles. The normalized spacial score (nSPS) is 11.3. The number of benzene rings is 2. The zero-order valence-electron chi connectivity index (χ0n) is 17.2. The highest BCUT2D eigenvalue weighted by atomic mass is 16.5. The second kappa shape index (κ2) is 9.73. The van der Waals surface area contributed by atoms with Crippen LogP contribution in [0.15, 0.2) is 36.4 Å². The Bertz CT molecular complexity index is 887. The number of carbonyl (C=O) groups is 3. The summed E-state index contributed by atoms with van der Waals surface area (Å²) in [6.45, 7) is 5.73. The average molecular weight is 399 g/mol. The number of esters is 2. The lowest BCUT2D eigenvalue weighted by atomic mass is 10.1. The fourth-order valence-corrected chi connectivity index (χ4v) is 2.72. The Morgan fingerprint density at radius 2 is 1.55 bits per heavy atom. The molecule has 0 bridgehead atoms. The largest absolute Gasteiger partial charge is 0.480 e. The van der Waals surface area contributed by atoms with Crippen LogP contribution in [0.2, 0.25) is 0 Å². The summed E-state index contributed by atoms with van der Waals surface area (Å²) in [5.74, 6) is -1.04. The number of hydrogen-bond acceptors (Lipinski definition) is 6. The predicted molar refractivity (Wildman–Crippen MR) is 108 cm³/mol. The highest BCUT2D eigenvalue weighted by Crippen LogP contribution is 2.23. The maximum atomic E-state index is 12.8. The molecular weight excluding hydrogens is 374 g/mol. The highest BCUT2D eigenvalue weighted by Gasteiger charge is 2.21. The van der Waals surface area contributed by atoms with Gasteiger partial charge in [-0.3, -0.25) is 4.79 Å². The molecule has 1 N–H and O–H groups in total. The van der Waals surface area contributed by atoms with E-state index in [-0.39, 0.29) is 16.8 Å². The van der Waals surface area contributed by atoms with Gasteiger partial charge in [0.25, 0.3) is 5.91 Å². The second-order valence-corrected chi connectivity index (χ2v) is 6.48. The number of nitrogens with one attached hydrogen (secondary N) is 1. The molecule has 0 aliphatic rings. The molecule has 154 valence electrons. The molecule has 0 heterocycles. The highest BCUT2D eigenvalue weighted by molar-refractivity contribution is 6.00. The van der Waals surface area contributed by atoms with E-state index in [1.54, 1.807) is 0 Å². The summed E-state index contributed by atoms with van der Waals surface area (Å²) in [5, 5.41) is 2.71. The number of ether oxygens (including phenoxy) is 3. The van der Waals surface area contributed by atoms with Gasteiger partial charge in [-0.1, -0.05) is 19.1 Å². The minimum Gasteiger partial charge on any atom is -0.480 e. The lowest BCUT2D eigenvalue weighted by Crippen LogP contribution is -2.32. The molecule has 1 atom stereocenters. The smallest absolute Gasteiger partial charge is 0.337 e. The van der Waals surface area contributed by atoms with E-state index in [4.69, 9.17) is 14.2 Å². The summed E-state index contributed by atoms with van der Waals surface area (Å²) in [6.07, 6.45) is -0.321. The molecule has 0 unspecified atom stereocenters. The zero-order valence-corrected chi connectivity index (χ0v) is 17.2. The zero-order chi connectivity index (χ0) is 21.6. The summed E-state index contributed by atoms with van der Waals surface area (Å²) >= 11 is 0. The molecule has 0 aliphatic carbocycles. The average Bonchev–Trinajstić information content (AvgIpc) is 2.73. The van der Waals surface area contributed by atoms with E-state index in [1.807, 2.05) is 39.0 Å². The SMILES string of the molecule is CC[C@H](Oc1cccc(C)c1C)C(=O)Nc1cc(C(=O)OC)cc(C(=O)OC)c1. The van der Waals surface area contributed by atoms with Crippen LogP contribution in [0.25, 0.3) is 0 Å². The van der Waals surface area contributed by atoms with Gasteiger partial charge in [0.05, 0.1) is 25.3 Å². The Morgan fingerprint density at radius 1 is 0.966 bits per heavy atom. The van der Waals surface area contributed by atoms with Crippen LogP contribution in [0.4, 0.5) is 5.69 Å². The standard InChI is InChI=1S/C22H25NO6/c1-6-18(29-19-9-7-8-13(2)14(19)3)20(24)23-17-11-15(21(25)27-4)10-16(12-17)22(26)28-5/h7-12,18H,6H2,1-5H3,(H,23,24)/t18-/m0/s1. The second-order valence-electron chi connectivity index (χ2n) is 6.48. The molecule has 1 amide bonds. The number of aryl methyl sites for hydroxylation is 1. The Kier molecular flexibility index (Phi) is 7.36. The Labute approximate surface area is 170 Å². The van der Waals surface area contributed by atoms with Crippen molar-refractivity contribution in [3.8, 4) is 5.75 Å². The van der Waals surface area contributed by atoms with E-state index in [0.29, 0.717) is 12.2 Å². The quantitative estimate of drug-likeness (QED) is 0.715. The van der Waals surface area contributed by atoms with E-state index in [0.717, 1.165) is 11.1 Å². The van der Waals surface area contributed by atoms with Gasteiger partial charge in [-0.15, -0.1) is 0 Å². The summed E-state index contributed by atoms with van der Waals surface area (Å²) in [4.78, 5) is 36.6. The molecule has 7 nitrogen and oxygen atoms in total. The van der Waals surface area contributed by atoms with E-state index in [1.165, 1.54) is 32.4 Å². The molecule has 0 saturated carbocycles. The van der Waals surface area contributed by atoms with Crippen LogP contribution in [0.3, 0.4) is 0 Å². The van der Waals surface area contributed by atoms with E-state index in [2.05, 4.69) is 5.32 Å². The van der Waals surface area contributed by atoms with Crippen molar-refractivity contribution in [3.05, 3.63) is 58.7 Å². The lowest BCUT2D eigenvalue weighted by Gasteiger charge is -2.19. The molecule has 0 radical (unpaired) electrons. The van der Waals surface area contributed by atoms with Gasteiger partial charge < -0.3 is 19.5 Å². The molecule has 2 rings (SSSR count). The van der Waals surface area contributed by atoms with Crippen LogP contribution in [-0.2, 0) is 14.3 Å². The maximum Gasteiger partial charge on any atom is 0.337 e. The van der Waals surface area contributed by atoms with Crippen LogP contribution in [0.5, 0.6) is 5.75 Å². The monoisotopic (exact) mass is 399 g/mol. The third-order valence-electron chi connectivity index (χ3n) is 4.53. The van der Waals surface area contributed by atoms with E-state index >= 15 is 0 Å². The first kappa shape index (κ1) is 21.9. The topological polar surface area (TPSA) is 90.9 Å². The van der Waals surface area contributed by atoms with Crippen molar-refractivity contribution in [3.63, 3.8) is 0 Å². The van der Waals surface area contributed by atoms with Gasteiger partial charge in [-0.25, -0.2) is 9.59 Å². The predicted octanol–water partition coefficient (Wildman–Crippen LogP) is 3.67. The van der Waals surface area contributed by atoms with Crippen LogP contribution in [0, 0.1) is 13.8 Å². The van der Waals surface area contributed by atoms with Gasteiger partial charge in [0.2, 0.25) is 0 Å². The first-order chi connectivity index (χ1) is 13.8. The number of rotatable bonds is 7. The number of methoxy groups -OCH3 is 2. The minimum atomic E-state index is -0.751. The summed E-state index contributed by atoms with van der Waals surface area (Å²) in [6, 6.07) is 9.85. The van der Waals surface area contributed by atoms with E-state index < -0.39 is 23.9 Å². The molecule has 29 heavy (non-hydrogen) atoms. The van der Waals surface area contributed by atoms with Crippen LogP contribution < -0.4 is 10.1 Å². The minimum absolute atomic E-state index is 0.120. The first-order valence-corrected chi connectivity index (χ1v) is 9.16. The van der Waals surface area contributed by atoms with Gasteiger partial charge in [0.15, 0.2) is 6.10 Å². The molecule has 2 aromatic rings. The first-order valence-electron chi connectivity index (χ1n) is 9.16. The van der Waals surface area contributed by atoms with Crippen LogP contribution in [0.1, 0.15) is 45.2 Å². The number of carbonyl (C=O) groups excluding carboxylic acids is 3. The van der Waals surface area contributed by atoms with Crippen molar-refractivity contribution in [2.45, 2.75) is 33.3 Å². The summed E-state index contributed by atoms with van der Waals surface area (Å²) in [7, 11) is 2.47. The molecule has 0 aliphatic heterocycles. The summed E-state index contributed by atoms with van der Waals surface area (Å²) < 4.78 is 15.3. The van der Waals surface area contributed by atoms with Gasteiger partial charge in [0, 0.05) is 5.69 Å². The van der Waals surface area contributed by atoms with Gasteiger partial charge in [-0.05, 0) is 55.7 Å². The molecular formula is C22H25NO6. The molecule has 2 aromatic carbocycles. The van der Waals surface area contributed by atoms with Crippen molar-refractivity contribution in [2.24, 2.45) is 0 Å². The van der Waals surface area contributed by atoms with Crippen LogP contribution >= 0.6 is 0 Å². The number of anilines is 1. The fraction of sp³-hybridized carbons (Fsp3) is 0.318. The van der Waals surface area contributed by atoms with Crippen molar-refractivity contribution in [1.29, 1.82) is 0 Å². The van der Waals surface area contributed by atoms with Crippen molar-refractivity contribution in [2.75, 3.05) is 19.5 Å². The van der Waals surface area contributed by atoms with Gasteiger partial charge in [0.1, 0.15) is 5.75 Å². The van der Waals surface area contributed by atoms with Gasteiger partial charge >= 0.3 is 11.9 Å².